The van der Waals surface area contributed by atoms with Crippen LogP contribution in [0.5, 0.6) is 0 Å². The van der Waals surface area contributed by atoms with Gasteiger partial charge in [-0.3, -0.25) is 0 Å². The van der Waals surface area contributed by atoms with Crippen LogP contribution >= 0.6 is 0 Å². The first-order chi connectivity index (χ1) is 26.2. The van der Waals surface area contributed by atoms with Gasteiger partial charge in [-0.25, -0.2) is 9.97 Å². The van der Waals surface area contributed by atoms with E-state index in [0.29, 0.717) is 28.0 Å². The number of nitrogens with zero attached hydrogens (tertiary/aromatic N) is 6. The Kier molecular flexibility index (Phi) is 7.90. The van der Waals surface area contributed by atoms with Crippen LogP contribution in [0.1, 0.15) is 28.3 Å². The van der Waals surface area contributed by atoms with Gasteiger partial charge in [0.15, 0.2) is 5.41 Å². The van der Waals surface area contributed by atoms with E-state index in [-0.39, 0.29) is 19.5 Å². The Hall–Kier alpha value is -6.92. The zero-order valence-corrected chi connectivity index (χ0v) is 31.9. The molecule has 0 saturated heterocycles. The molecule has 2 aliphatic heterocycles. The van der Waals surface area contributed by atoms with E-state index in [0.717, 1.165) is 72.4 Å². The van der Waals surface area contributed by atoms with Gasteiger partial charge in [0.05, 0.1) is 34.9 Å². The molecule has 10 rings (SSSR count). The van der Waals surface area contributed by atoms with Crippen LogP contribution in [0.2, 0.25) is 0 Å². The topological polar surface area (TPSA) is 102 Å². The Balaban J connectivity index is 0.00000384. The third kappa shape index (κ3) is 4.95. The molecule has 54 heavy (non-hydrogen) atoms. The van der Waals surface area contributed by atoms with Gasteiger partial charge in [0, 0.05) is 5.57 Å². The van der Waals surface area contributed by atoms with Gasteiger partial charge in [-0.15, -0.1) is 22.1 Å². The van der Waals surface area contributed by atoms with Crippen molar-refractivity contribution in [3.8, 4) is 56.6 Å². The van der Waals surface area contributed by atoms with Gasteiger partial charge >= 0.3 is 19.5 Å². The number of aromatic nitrogens is 4. The van der Waals surface area contributed by atoms with Gasteiger partial charge in [0.25, 0.3) is 0 Å². The van der Waals surface area contributed by atoms with Crippen LogP contribution in [0.25, 0.3) is 90.4 Å². The summed E-state index contributed by atoms with van der Waals surface area (Å²) in [5.74, 6) is 0. The molecule has 0 saturated carbocycles. The van der Waals surface area contributed by atoms with Crippen LogP contribution in [-0.4, -0.2) is 9.97 Å². The minimum absolute atomic E-state index is 0. The molecular formula is C47H26N6Zn. The molecule has 0 atom stereocenters. The maximum atomic E-state index is 10.9. The summed E-state index contributed by atoms with van der Waals surface area (Å²) < 4.78 is 0. The normalized spacial score (nSPS) is 13.2. The maximum Gasteiger partial charge on any atom is 2.00 e. The molecule has 3 aromatic heterocycles. The average Bonchev–Trinajstić information content (AvgIpc) is 4.05. The molecular weight excluding hydrogens is 714 g/mol. The van der Waals surface area contributed by atoms with Crippen LogP contribution in [0, 0.1) is 22.7 Å². The standard InChI is InChI=1S/C47H26N6.Zn/c48-27-47(28-49)33-19-11-10-18-32(33)45-40-25-24-38(52-40)43(30-14-6-2-7-15-30)36-21-20-35(50-36)42(29-12-4-1-5-13-29)37-22-23-39(51-37)44(31-16-8-3-9-17-31)41-26-34(47)46(45)53-41;/h1-26H;/q-2;+2. The molecule has 246 valence electrons. The van der Waals surface area contributed by atoms with Crippen molar-refractivity contribution < 1.29 is 19.5 Å². The predicted molar refractivity (Wildman–Crippen MR) is 210 cm³/mol. The van der Waals surface area contributed by atoms with Crippen molar-refractivity contribution in [2.45, 2.75) is 5.41 Å². The van der Waals surface area contributed by atoms with Crippen molar-refractivity contribution in [1.82, 2.24) is 19.9 Å². The first-order valence-electron chi connectivity index (χ1n) is 17.4. The Bertz CT molecular complexity index is 2950. The predicted octanol–water partition coefficient (Wildman–Crippen LogP) is 10.2. The van der Waals surface area contributed by atoms with E-state index in [1.807, 2.05) is 121 Å². The van der Waals surface area contributed by atoms with Gasteiger partial charge < -0.3 is 9.97 Å². The molecule has 4 aromatic carbocycles. The summed E-state index contributed by atoms with van der Waals surface area (Å²) >= 11 is 0. The van der Waals surface area contributed by atoms with Crippen molar-refractivity contribution >= 4 is 45.9 Å². The minimum Gasteiger partial charge on any atom is -0.657 e. The number of benzene rings is 4. The average molecular weight is 740 g/mol. The Morgan fingerprint density at radius 1 is 0.463 bits per heavy atom. The van der Waals surface area contributed by atoms with Gasteiger partial charge in [-0.2, -0.15) is 10.5 Å². The quantitative estimate of drug-likeness (QED) is 0.167. The Morgan fingerprint density at radius 2 is 0.889 bits per heavy atom. The summed E-state index contributed by atoms with van der Waals surface area (Å²) in [7, 11) is 0. The molecule has 1 aliphatic carbocycles. The second-order valence-electron chi connectivity index (χ2n) is 13.2. The number of hydrogen-bond acceptors (Lipinski definition) is 4. The van der Waals surface area contributed by atoms with Crippen LogP contribution < -0.4 is 9.97 Å². The van der Waals surface area contributed by atoms with Crippen LogP contribution in [-0.2, 0) is 24.9 Å². The van der Waals surface area contributed by atoms with Crippen molar-refractivity contribution in [3.05, 3.63) is 168 Å². The van der Waals surface area contributed by atoms with E-state index in [4.69, 9.17) is 19.9 Å². The summed E-state index contributed by atoms with van der Waals surface area (Å²) in [6.07, 6.45) is 6.02. The third-order valence-corrected chi connectivity index (χ3v) is 10.2. The minimum atomic E-state index is -1.59. The zero-order chi connectivity index (χ0) is 35.5. The second kappa shape index (κ2) is 12.9. The molecule has 7 heteroatoms. The van der Waals surface area contributed by atoms with Crippen molar-refractivity contribution in [2.75, 3.05) is 0 Å². The molecule has 5 heterocycles. The first-order valence-corrected chi connectivity index (χ1v) is 17.4. The molecule has 0 amide bonds. The molecule has 7 aromatic rings. The third-order valence-electron chi connectivity index (χ3n) is 10.2. The summed E-state index contributed by atoms with van der Waals surface area (Å²) in [6.45, 7) is 0. The number of fused-ring (bicyclic) bond motifs is 10. The van der Waals surface area contributed by atoms with E-state index in [1.54, 1.807) is 0 Å². The van der Waals surface area contributed by atoms with E-state index >= 15 is 0 Å². The number of allylic oxidation sites excluding steroid dienone is 1. The van der Waals surface area contributed by atoms with Gasteiger partial charge in [-0.1, -0.05) is 140 Å². The van der Waals surface area contributed by atoms with Gasteiger partial charge in [0.1, 0.15) is 0 Å². The van der Waals surface area contributed by atoms with Crippen LogP contribution in [0.3, 0.4) is 0 Å². The largest absolute Gasteiger partial charge is 2.00 e. The zero-order valence-electron chi connectivity index (χ0n) is 28.9. The molecule has 3 aliphatic rings. The number of hydrogen-bond donors (Lipinski definition) is 0. The van der Waals surface area contributed by atoms with Gasteiger partial charge in [-0.05, 0) is 68.3 Å². The fourth-order valence-electron chi connectivity index (χ4n) is 7.87. The fraction of sp³-hybridized carbons (Fsp3) is 0.0213. The number of nitriles is 2. The van der Waals surface area contributed by atoms with Crippen molar-refractivity contribution in [1.29, 1.82) is 10.5 Å². The maximum absolute atomic E-state index is 10.9. The van der Waals surface area contributed by atoms with Crippen LogP contribution in [0.15, 0.2) is 140 Å². The Labute approximate surface area is 324 Å². The van der Waals surface area contributed by atoms with E-state index in [2.05, 4.69) is 48.6 Å². The molecule has 0 N–H and O–H groups in total. The van der Waals surface area contributed by atoms with E-state index in [9.17, 15) is 10.5 Å². The van der Waals surface area contributed by atoms with Crippen LogP contribution in [0.4, 0.5) is 0 Å². The molecule has 0 fully saturated rings. The van der Waals surface area contributed by atoms with E-state index in [1.165, 1.54) is 0 Å². The van der Waals surface area contributed by atoms with Crippen molar-refractivity contribution in [2.24, 2.45) is 0 Å². The van der Waals surface area contributed by atoms with Gasteiger partial charge in [0.2, 0.25) is 0 Å². The molecule has 0 unspecified atom stereocenters. The summed E-state index contributed by atoms with van der Waals surface area (Å²) in [5, 5.41) is 21.8. The molecule has 8 bridgehead atoms. The SMILES string of the molecule is N#CC1(C#N)C2=Cc3nc2c(c2ccc([n-]2)c(-c2ccccc2)c2nc(c(-c4ccccc4)c4ccc([n-]4)c3-c3ccccc3)C=C2)-c2ccccc21.[Zn+2]. The van der Waals surface area contributed by atoms with Crippen molar-refractivity contribution in [3.63, 3.8) is 0 Å². The smallest absolute Gasteiger partial charge is 0.657 e. The molecule has 6 nitrogen and oxygen atoms in total. The fourth-order valence-corrected chi connectivity index (χ4v) is 7.87. The molecule has 0 spiro atoms. The Morgan fingerprint density at radius 3 is 1.37 bits per heavy atom. The molecule has 0 radical (unpaired) electrons. The summed E-state index contributed by atoms with van der Waals surface area (Å²) in [6, 6.07) is 50.9. The summed E-state index contributed by atoms with van der Waals surface area (Å²) in [4.78, 5) is 21.3. The van der Waals surface area contributed by atoms with E-state index < -0.39 is 5.41 Å². The number of rotatable bonds is 3. The first kappa shape index (κ1) is 33.0. The summed E-state index contributed by atoms with van der Waals surface area (Å²) in [5.41, 5.74) is 12.3. The second-order valence-corrected chi connectivity index (χ2v) is 13.2. The monoisotopic (exact) mass is 738 g/mol.